The number of pyridine rings is 1. The molecule has 54 heavy (non-hydrogen) atoms. The van der Waals surface area contributed by atoms with Crippen LogP contribution in [0.25, 0.3) is 11.1 Å². The number of nitrogens with one attached hydrogen (secondary N) is 1. The van der Waals surface area contributed by atoms with E-state index in [1.54, 1.807) is 4.90 Å². The minimum Gasteiger partial charge on any atom is -0.507 e. The van der Waals surface area contributed by atoms with Crippen molar-refractivity contribution in [3.63, 3.8) is 0 Å². The first kappa shape index (κ1) is 40.0. The second-order valence-electron chi connectivity index (χ2n) is 12.9. The van der Waals surface area contributed by atoms with Crippen molar-refractivity contribution in [3.05, 3.63) is 122 Å². The van der Waals surface area contributed by atoms with E-state index in [0.717, 1.165) is 42.6 Å². The first-order chi connectivity index (χ1) is 25.5. The molecule has 2 heterocycles. The Balaban J connectivity index is 1.66. The maximum Gasteiger partial charge on any atom is 0.416 e. The van der Waals surface area contributed by atoms with Gasteiger partial charge in [0.25, 0.3) is 5.56 Å². The smallest absolute Gasteiger partial charge is 0.416 e. The van der Waals surface area contributed by atoms with Crippen LogP contribution < -0.4 is 10.9 Å². The third-order valence-corrected chi connectivity index (χ3v) is 9.06. The van der Waals surface area contributed by atoms with E-state index in [1.807, 2.05) is 0 Å². The van der Waals surface area contributed by atoms with Crippen molar-refractivity contribution < 1.29 is 55.3 Å². The second kappa shape index (κ2) is 16.4. The first-order valence-electron chi connectivity index (χ1n) is 16.8. The van der Waals surface area contributed by atoms with Crippen molar-refractivity contribution in [2.75, 3.05) is 26.2 Å². The summed E-state index contributed by atoms with van der Waals surface area (Å²) in [6, 6.07) is 5.07. The molecular formula is C38H36F7N3O6. The summed E-state index contributed by atoms with van der Waals surface area (Å²) < 4.78 is 108. The highest BCUT2D eigenvalue weighted by Gasteiger charge is 2.37. The number of rotatable bonds is 13. The molecule has 1 aliphatic rings. The standard InChI is InChI=1S/C38H36F7N3O6/c1-3-54-34(52)15-31(28-12-23(10-20(2)35(28)42)26-13-24(39)5-7-32(26)50)46-37(53)36(27-11-21(19-49)4-6-30(27)41)48-16-22(8-9-47-17-25(40)18-47)29(14-33(48)51)38(43,44)45/h4-7,10-14,16,25,31,36,49-50H,3,8-9,15,17-19H2,1-2H3,(H,46,53)/t31-,36?/m0/s1. The third kappa shape index (κ3) is 8.93. The molecule has 0 aliphatic carbocycles. The quantitative estimate of drug-likeness (QED) is 0.112. The van der Waals surface area contributed by atoms with Crippen LogP contribution in [0.3, 0.4) is 0 Å². The summed E-state index contributed by atoms with van der Waals surface area (Å²) in [5, 5.41) is 22.7. The number of amides is 1. The number of carbonyl (C=O) groups is 2. The summed E-state index contributed by atoms with van der Waals surface area (Å²) in [5.74, 6) is -5.36. The molecule has 5 rings (SSSR count). The van der Waals surface area contributed by atoms with Gasteiger partial charge in [-0.15, -0.1) is 0 Å². The molecule has 1 aliphatic heterocycles. The number of alkyl halides is 4. The Morgan fingerprint density at radius 1 is 1.02 bits per heavy atom. The average molecular weight is 764 g/mol. The lowest BCUT2D eigenvalue weighted by Crippen LogP contribution is -2.49. The summed E-state index contributed by atoms with van der Waals surface area (Å²) in [6.45, 7) is 1.99. The van der Waals surface area contributed by atoms with Gasteiger partial charge in [-0.1, -0.05) is 6.07 Å². The van der Waals surface area contributed by atoms with E-state index < -0.39 is 89.0 Å². The highest BCUT2D eigenvalue weighted by atomic mass is 19.4. The Morgan fingerprint density at radius 3 is 2.39 bits per heavy atom. The van der Waals surface area contributed by atoms with Gasteiger partial charge in [0.15, 0.2) is 0 Å². The number of aliphatic hydroxyl groups excluding tert-OH is 1. The van der Waals surface area contributed by atoms with Gasteiger partial charge >= 0.3 is 12.1 Å². The number of carbonyl (C=O) groups excluding carboxylic acids is 2. The van der Waals surface area contributed by atoms with Crippen molar-refractivity contribution in [2.45, 2.75) is 57.7 Å². The van der Waals surface area contributed by atoms with Crippen LogP contribution in [0.2, 0.25) is 0 Å². The lowest BCUT2D eigenvalue weighted by molar-refractivity contribution is -0.144. The van der Waals surface area contributed by atoms with E-state index >= 15 is 8.78 Å². The number of hydrogen-bond acceptors (Lipinski definition) is 7. The van der Waals surface area contributed by atoms with E-state index in [4.69, 9.17) is 4.74 Å². The number of halogens is 7. The van der Waals surface area contributed by atoms with Crippen LogP contribution >= 0.6 is 0 Å². The minimum absolute atomic E-state index is 0.0108. The Hall–Kier alpha value is -5.22. The van der Waals surface area contributed by atoms with Gasteiger partial charge in [-0.25, -0.2) is 17.6 Å². The lowest BCUT2D eigenvalue weighted by Gasteiger charge is -2.34. The summed E-state index contributed by atoms with van der Waals surface area (Å²) in [4.78, 5) is 42.3. The van der Waals surface area contributed by atoms with Crippen LogP contribution in [0.15, 0.2) is 65.6 Å². The van der Waals surface area contributed by atoms with E-state index in [-0.39, 0.29) is 72.3 Å². The van der Waals surface area contributed by atoms with E-state index in [9.17, 15) is 46.5 Å². The van der Waals surface area contributed by atoms with Gasteiger partial charge in [-0.05, 0) is 85.0 Å². The topological polar surface area (TPSA) is 121 Å². The van der Waals surface area contributed by atoms with E-state index in [2.05, 4.69) is 5.32 Å². The fourth-order valence-electron chi connectivity index (χ4n) is 6.36. The molecule has 1 unspecified atom stereocenters. The molecule has 4 aromatic rings. The second-order valence-corrected chi connectivity index (χ2v) is 12.9. The normalized spacial score (nSPS) is 14.7. The van der Waals surface area contributed by atoms with Gasteiger partial charge in [-0.2, -0.15) is 13.2 Å². The predicted molar refractivity (Wildman–Crippen MR) is 182 cm³/mol. The molecule has 3 aromatic carbocycles. The molecule has 16 heteroatoms. The van der Waals surface area contributed by atoms with Gasteiger partial charge < -0.3 is 20.3 Å². The van der Waals surface area contributed by atoms with Crippen molar-refractivity contribution >= 4 is 11.9 Å². The molecule has 288 valence electrons. The molecule has 3 N–H and O–H groups in total. The molecule has 0 bridgehead atoms. The van der Waals surface area contributed by atoms with Gasteiger partial charge in [0.2, 0.25) is 5.91 Å². The molecule has 9 nitrogen and oxygen atoms in total. The minimum atomic E-state index is -5.02. The molecule has 1 fully saturated rings. The number of phenols is 1. The Bertz CT molecular complexity index is 2100. The van der Waals surface area contributed by atoms with Crippen LogP contribution in [0.1, 0.15) is 58.8 Å². The SMILES string of the molecule is CCOC(=O)C[C@H](NC(=O)C(c1cc(CO)ccc1F)n1cc(CCN2CC(F)C2)c(C(F)(F)F)cc1=O)c1cc(-c2cc(F)ccc2O)cc(C)c1F. The molecule has 0 saturated carbocycles. The maximum absolute atomic E-state index is 16.0. The zero-order chi connectivity index (χ0) is 39.5. The molecular weight excluding hydrogens is 727 g/mol. The monoisotopic (exact) mass is 763 g/mol. The Labute approximate surface area is 304 Å². The molecule has 0 radical (unpaired) electrons. The molecule has 1 aromatic heterocycles. The zero-order valence-electron chi connectivity index (χ0n) is 29.0. The summed E-state index contributed by atoms with van der Waals surface area (Å²) in [7, 11) is 0. The van der Waals surface area contributed by atoms with Crippen LogP contribution in [-0.2, 0) is 33.5 Å². The number of aromatic hydroxyl groups is 1. The van der Waals surface area contributed by atoms with Crippen molar-refractivity contribution in [3.8, 4) is 16.9 Å². The largest absolute Gasteiger partial charge is 0.507 e. The van der Waals surface area contributed by atoms with Crippen LogP contribution in [0, 0.1) is 24.4 Å². The van der Waals surface area contributed by atoms with Crippen LogP contribution in [0.4, 0.5) is 30.7 Å². The lowest BCUT2D eigenvalue weighted by atomic mass is 9.93. The first-order valence-corrected chi connectivity index (χ1v) is 16.8. The fourth-order valence-corrected chi connectivity index (χ4v) is 6.36. The summed E-state index contributed by atoms with van der Waals surface area (Å²) >= 11 is 0. The number of nitrogens with zero attached hydrogens (tertiary/aromatic N) is 2. The van der Waals surface area contributed by atoms with Crippen molar-refractivity contribution in [1.29, 1.82) is 0 Å². The van der Waals surface area contributed by atoms with Gasteiger partial charge in [0, 0.05) is 48.6 Å². The number of hydrogen-bond donors (Lipinski definition) is 3. The number of aromatic nitrogens is 1. The van der Waals surface area contributed by atoms with Crippen LogP contribution in [0.5, 0.6) is 5.75 Å². The Kier molecular flexibility index (Phi) is 12.2. The Morgan fingerprint density at radius 2 is 1.74 bits per heavy atom. The van der Waals surface area contributed by atoms with Crippen molar-refractivity contribution in [1.82, 2.24) is 14.8 Å². The highest BCUT2D eigenvalue weighted by molar-refractivity contribution is 5.85. The maximum atomic E-state index is 16.0. The van der Waals surface area contributed by atoms with Gasteiger partial charge in [0.1, 0.15) is 35.4 Å². The summed E-state index contributed by atoms with van der Waals surface area (Å²) in [5.41, 5.74) is -4.06. The molecule has 0 spiro atoms. The highest BCUT2D eigenvalue weighted by Crippen LogP contribution is 2.36. The number of ether oxygens (including phenoxy) is 1. The van der Waals surface area contributed by atoms with Crippen molar-refractivity contribution in [2.24, 2.45) is 0 Å². The fraction of sp³-hybridized carbons (Fsp3) is 0.342. The van der Waals surface area contributed by atoms with E-state index in [1.165, 1.54) is 26.0 Å². The number of phenolic OH excluding ortho intramolecular Hbond substituents is 1. The van der Waals surface area contributed by atoms with Gasteiger partial charge in [-0.3, -0.25) is 23.9 Å². The number of esters is 1. The summed E-state index contributed by atoms with van der Waals surface area (Å²) in [6.07, 6.45) is -6.49. The number of likely N-dealkylation sites (tertiary alicyclic amines) is 1. The molecule has 2 atom stereocenters. The van der Waals surface area contributed by atoms with E-state index in [0.29, 0.717) is 4.57 Å². The van der Waals surface area contributed by atoms with Gasteiger partial charge in [0.05, 0.1) is 31.2 Å². The molecule has 1 amide bonds. The third-order valence-electron chi connectivity index (χ3n) is 9.06. The number of benzene rings is 3. The number of aliphatic hydroxyl groups is 1. The average Bonchev–Trinajstić information content (AvgIpc) is 3.09. The number of aryl methyl sites for hydroxylation is 1. The zero-order valence-corrected chi connectivity index (χ0v) is 29.0. The molecule has 1 saturated heterocycles. The van der Waals surface area contributed by atoms with Crippen LogP contribution in [-0.4, -0.2) is 64.0 Å². The predicted octanol–water partition coefficient (Wildman–Crippen LogP) is 6.05.